The summed E-state index contributed by atoms with van der Waals surface area (Å²) in [6.45, 7) is 13.6. The monoisotopic (exact) mass is 270 g/mol. The highest BCUT2D eigenvalue weighted by Crippen LogP contribution is 2.24. The number of hydrogen-bond donors (Lipinski definition) is 0. The summed E-state index contributed by atoms with van der Waals surface area (Å²) in [5.41, 5.74) is -0.296. The average molecular weight is 270 g/mol. The normalized spacial score (nSPS) is 22.9. The van der Waals surface area contributed by atoms with Gasteiger partial charge in [-0.3, -0.25) is 0 Å². The summed E-state index contributed by atoms with van der Waals surface area (Å²) < 4.78 is 17.0. The van der Waals surface area contributed by atoms with E-state index in [-0.39, 0.29) is 24.3 Å². The van der Waals surface area contributed by atoms with Crippen LogP contribution in [0.1, 0.15) is 47.5 Å². The maximum absolute atomic E-state index is 11.6. The van der Waals surface area contributed by atoms with E-state index in [2.05, 4.69) is 6.58 Å². The van der Waals surface area contributed by atoms with E-state index in [0.29, 0.717) is 5.57 Å². The van der Waals surface area contributed by atoms with E-state index < -0.39 is 5.60 Å². The zero-order chi connectivity index (χ0) is 14.6. The first kappa shape index (κ1) is 16.2. The summed E-state index contributed by atoms with van der Waals surface area (Å²) in [5, 5.41) is 0. The van der Waals surface area contributed by atoms with Crippen molar-refractivity contribution in [3.05, 3.63) is 12.2 Å². The lowest BCUT2D eigenvalue weighted by molar-refractivity contribution is -0.176. The summed E-state index contributed by atoms with van der Waals surface area (Å²) in [7, 11) is 0. The van der Waals surface area contributed by atoms with Crippen LogP contribution in [0.5, 0.6) is 0 Å². The molecule has 0 spiro atoms. The zero-order valence-corrected chi connectivity index (χ0v) is 12.7. The maximum Gasteiger partial charge on any atom is 0.333 e. The van der Waals surface area contributed by atoms with Crippen molar-refractivity contribution in [2.45, 2.75) is 71.4 Å². The van der Waals surface area contributed by atoms with Crippen molar-refractivity contribution >= 4 is 5.97 Å². The fourth-order valence-electron chi connectivity index (χ4n) is 1.96. The molecule has 1 aliphatic rings. The molecule has 0 bridgehead atoms. The van der Waals surface area contributed by atoms with Gasteiger partial charge in [0.1, 0.15) is 5.60 Å². The Kier molecular flexibility index (Phi) is 5.56. The number of rotatable bonds is 6. The maximum atomic E-state index is 11.6. The number of ether oxygens (including phenoxy) is 3. The molecule has 0 N–H and O–H groups in total. The van der Waals surface area contributed by atoms with Crippen LogP contribution in [0.25, 0.3) is 0 Å². The summed E-state index contributed by atoms with van der Waals surface area (Å²) >= 11 is 0. The summed E-state index contributed by atoms with van der Waals surface area (Å²) in [6, 6.07) is 0. The molecule has 0 aliphatic carbocycles. The van der Waals surface area contributed by atoms with Crippen molar-refractivity contribution in [1.29, 1.82) is 0 Å². The van der Waals surface area contributed by atoms with E-state index in [1.807, 2.05) is 27.7 Å². The summed E-state index contributed by atoms with van der Waals surface area (Å²) in [6.07, 6.45) is 2.05. The Hall–Kier alpha value is -0.870. The molecule has 3 unspecified atom stereocenters. The first-order chi connectivity index (χ1) is 8.74. The number of carbonyl (C=O) groups excluding carboxylic acids is 1. The van der Waals surface area contributed by atoms with E-state index in [0.717, 1.165) is 19.4 Å². The molecular formula is C15H26O4. The van der Waals surface area contributed by atoms with Crippen LogP contribution in [0.3, 0.4) is 0 Å². The van der Waals surface area contributed by atoms with Crippen molar-refractivity contribution < 1.29 is 19.0 Å². The van der Waals surface area contributed by atoms with Crippen LogP contribution < -0.4 is 0 Å². The van der Waals surface area contributed by atoms with Crippen LogP contribution in [0.2, 0.25) is 0 Å². The van der Waals surface area contributed by atoms with Gasteiger partial charge in [0, 0.05) is 12.2 Å². The van der Waals surface area contributed by atoms with Crippen molar-refractivity contribution in [2.75, 3.05) is 6.61 Å². The molecule has 4 heteroatoms. The third kappa shape index (κ3) is 4.62. The minimum absolute atomic E-state index is 0.000283. The van der Waals surface area contributed by atoms with E-state index in [9.17, 15) is 4.79 Å². The van der Waals surface area contributed by atoms with Crippen LogP contribution >= 0.6 is 0 Å². The Morgan fingerprint density at radius 2 is 2.05 bits per heavy atom. The number of hydrogen-bond acceptors (Lipinski definition) is 4. The molecule has 0 radical (unpaired) electrons. The van der Waals surface area contributed by atoms with Gasteiger partial charge in [-0.2, -0.15) is 0 Å². The Labute approximate surface area is 116 Å². The Bertz CT molecular complexity index is 329. The number of esters is 1. The van der Waals surface area contributed by atoms with E-state index in [1.165, 1.54) is 0 Å². The highest BCUT2D eigenvalue weighted by atomic mass is 16.6. The molecule has 1 rings (SSSR count). The first-order valence-electron chi connectivity index (χ1n) is 6.90. The van der Waals surface area contributed by atoms with Gasteiger partial charge in [-0.15, -0.1) is 0 Å². The summed E-state index contributed by atoms with van der Waals surface area (Å²) in [5.74, 6) is -0.384. The third-order valence-electron chi connectivity index (χ3n) is 3.59. The minimum atomic E-state index is -0.692. The van der Waals surface area contributed by atoms with Gasteiger partial charge in [-0.1, -0.05) is 6.58 Å². The second-order valence-corrected chi connectivity index (χ2v) is 5.81. The highest BCUT2D eigenvalue weighted by Gasteiger charge is 2.34. The molecular weight excluding hydrogens is 244 g/mol. The second-order valence-electron chi connectivity index (χ2n) is 5.81. The first-order valence-corrected chi connectivity index (χ1v) is 6.90. The predicted octanol–water partition coefficient (Wildman–Crippen LogP) is 2.86. The Morgan fingerprint density at radius 3 is 2.53 bits per heavy atom. The van der Waals surface area contributed by atoms with Crippen LogP contribution in [0.15, 0.2) is 12.2 Å². The minimum Gasteiger partial charge on any atom is -0.454 e. The second kappa shape index (κ2) is 6.53. The summed E-state index contributed by atoms with van der Waals surface area (Å²) in [4.78, 5) is 11.6. The van der Waals surface area contributed by atoms with Gasteiger partial charge in [0.05, 0.1) is 18.3 Å². The van der Waals surface area contributed by atoms with Gasteiger partial charge < -0.3 is 14.2 Å². The van der Waals surface area contributed by atoms with Crippen molar-refractivity contribution in [2.24, 2.45) is 0 Å². The van der Waals surface area contributed by atoms with Crippen molar-refractivity contribution in [3.8, 4) is 0 Å². The van der Waals surface area contributed by atoms with Gasteiger partial charge in [0.15, 0.2) is 0 Å². The third-order valence-corrected chi connectivity index (χ3v) is 3.59. The van der Waals surface area contributed by atoms with E-state index in [4.69, 9.17) is 14.2 Å². The van der Waals surface area contributed by atoms with Crippen LogP contribution in [-0.4, -0.2) is 36.5 Å². The Morgan fingerprint density at radius 1 is 1.42 bits per heavy atom. The topological polar surface area (TPSA) is 44.8 Å². The average Bonchev–Trinajstić information content (AvgIpc) is 2.81. The molecule has 1 fully saturated rings. The van der Waals surface area contributed by atoms with Crippen molar-refractivity contribution in [3.63, 3.8) is 0 Å². The fourth-order valence-corrected chi connectivity index (χ4v) is 1.96. The lowest BCUT2D eigenvalue weighted by Crippen LogP contribution is -2.44. The largest absolute Gasteiger partial charge is 0.454 e. The standard InChI is InChI=1S/C15H26O4/c1-10(2)14(16)19-15(5,6)12(4)18-11(3)13-8-7-9-17-13/h11-13H,1,7-9H2,2-6H3. The molecule has 0 saturated carbocycles. The van der Waals surface area contributed by atoms with Gasteiger partial charge in [0.25, 0.3) is 0 Å². The lowest BCUT2D eigenvalue weighted by Gasteiger charge is -2.34. The van der Waals surface area contributed by atoms with Gasteiger partial charge in [-0.05, 0) is 47.5 Å². The SMILES string of the molecule is C=C(C)C(=O)OC(C)(C)C(C)OC(C)C1CCCO1. The van der Waals surface area contributed by atoms with Crippen LogP contribution in [0.4, 0.5) is 0 Å². The Balaban J connectivity index is 2.52. The van der Waals surface area contributed by atoms with Gasteiger partial charge in [-0.25, -0.2) is 4.79 Å². The quantitative estimate of drug-likeness (QED) is 0.550. The molecule has 0 aromatic heterocycles. The van der Waals surface area contributed by atoms with Crippen molar-refractivity contribution in [1.82, 2.24) is 0 Å². The molecule has 3 atom stereocenters. The van der Waals surface area contributed by atoms with Crippen LogP contribution in [-0.2, 0) is 19.0 Å². The van der Waals surface area contributed by atoms with Crippen LogP contribution in [0, 0.1) is 0 Å². The molecule has 0 aromatic carbocycles. The number of carbonyl (C=O) groups is 1. The fraction of sp³-hybridized carbons (Fsp3) is 0.800. The molecule has 1 heterocycles. The lowest BCUT2D eigenvalue weighted by atomic mass is 10.0. The molecule has 0 aromatic rings. The van der Waals surface area contributed by atoms with E-state index >= 15 is 0 Å². The predicted molar refractivity (Wildman–Crippen MR) is 74.0 cm³/mol. The van der Waals surface area contributed by atoms with Gasteiger partial charge in [0.2, 0.25) is 0 Å². The van der Waals surface area contributed by atoms with E-state index in [1.54, 1.807) is 6.92 Å². The zero-order valence-electron chi connectivity index (χ0n) is 12.7. The molecule has 110 valence electrons. The van der Waals surface area contributed by atoms with Gasteiger partial charge >= 0.3 is 5.97 Å². The molecule has 4 nitrogen and oxygen atoms in total. The molecule has 19 heavy (non-hydrogen) atoms. The molecule has 1 saturated heterocycles. The smallest absolute Gasteiger partial charge is 0.333 e. The molecule has 1 aliphatic heterocycles. The highest BCUT2D eigenvalue weighted by molar-refractivity contribution is 5.87. The molecule has 0 amide bonds.